The van der Waals surface area contributed by atoms with Gasteiger partial charge in [0, 0.05) is 23.9 Å². The minimum absolute atomic E-state index is 0.00734. The standard InChI is InChI=1S/C28H32N2O5/c31-26(32)15-25(17-6-5-7-17)30-27(33)18-12-13-19(14-18)29-28(34)35-16-24-22-10-3-1-8-20(22)21-9-2-4-11-23(21)24/h1-4,8-11,17-19,24-25H,5-7,12-16H2,(H,29,34)(H,30,33)(H,31,32). The van der Waals surface area contributed by atoms with E-state index in [-0.39, 0.29) is 48.8 Å². The van der Waals surface area contributed by atoms with Crippen molar-refractivity contribution in [1.82, 2.24) is 10.6 Å². The maximum Gasteiger partial charge on any atom is 0.407 e. The molecule has 35 heavy (non-hydrogen) atoms. The van der Waals surface area contributed by atoms with Crippen molar-refractivity contribution in [2.24, 2.45) is 11.8 Å². The molecule has 5 rings (SSSR count). The largest absolute Gasteiger partial charge is 0.481 e. The molecule has 2 fully saturated rings. The van der Waals surface area contributed by atoms with E-state index in [9.17, 15) is 19.5 Å². The Bertz CT molecular complexity index is 1070. The second kappa shape index (κ2) is 10.1. The van der Waals surface area contributed by atoms with Gasteiger partial charge in [-0.1, -0.05) is 55.0 Å². The molecule has 3 unspecified atom stereocenters. The zero-order valence-electron chi connectivity index (χ0n) is 19.7. The van der Waals surface area contributed by atoms with Crippen LogP contribution in [0, 0.1) is 11.8 Å². The smallest absolute Gasteiger partial charge is 0.407 e. The van der Waals surface area contributed by atoms with Crippen LogP contribution in [-0.4, -0.2) is 41.8 Å². The number of carboxylic acid groups (broad SMARTS) is 1. The van der Waals surface area contributed by atoms with Crippen molar-refractivity contribution in [3.63, 3.8) is 0 Å². The lowest BCUT2D eigenvalue weighted by Gasteiger charge is -2.34. The molecule has 0 radical (unpaired) electrons. The Labute approximate surface area is 205 Å². The Morgan fingerprint density at radius 1 is 0.943 bits per heavy atom. The van der Waals surface area contributed by atoms with Crippen molar-refractivity contribution < 1.29 is 24.2 Å². The molecule has 2 aromatic carbocycles. The van der Waals surface area contributed by atoms with Gasteiger partial charge in [0.05, 0.1) is 6.42 Å². The summed E-state index contributed by atoms with van der Waals surface area (Å²) in [5, 5.41) is 15.1. The molecule has 0 heterocycles. The van der Waals surface area contributed by atoms with Gasteiger partial charge in [-0.3, -0.25) is 9.59 Å². The predicted molar refractivity (Wildman–Crippen MR) is 131 cm³/mol. The number of fused-ring (bicyclic) bond motifs is 3. The first kappa shape index (κ1) is 23.4. The number of alkyl carbamates (subject to hydrolysis) is 1. The van der Waals surface area contributed by atoms with E-state index in [1.165, 1.54) is 22.3 Å². The molecule has 0 aliphatic heterocycles. The number of ether oxygens (including phenoxy) is 1. The third-order valence-electron chi connectivity index (χ3n) is 7.91. The molecule has 3 N–H and O–H groups in total. The van der Waals surface area contributed by atoms with E-state index in [1.54, 1.807) is 0 Å². The van der Waals surface area contributed by atoms with Crippen LogP contribution < -0.4 is 10.6 Å². The van der Waals surface area contributed by atoms with Crippen LogP contribution in [-0.2, 0) is 14.3 Å². The highest BCUT2D eigenvalue weighted by Crippen LogP contribution is 2.44. The number of carbonyl (C=O) groups excluding carboxylic acids is 2. The number of aliphatic carboxylic acids is 1. The van der Waals surface area contributed by atoms with Crippen molar-refractivity contribution in [1.29, 1.82) is 0 Å². The van der Waals surface area contributed by atoms with Crippen molar-refractivity contribution >= 4 is 18.0 Å². The first-order valence-electron chi connectivity index (χ1n) is 12.6. The Morgan fingerprint density at radius 2 is 1.60 bits per heavy atom. The van der Waals surface area contributed by atoms with E-state index in [0.29, 0.717) is 19.3 Å². The summed E-state index contributed by atoms with van der Waals surface area (Å²) >= 11 is 0. The fourth-order valence-corrected chi connectivity index (χ4v) is 5.82. The Kier molecular flexibility index (Phi) is 6.75. The lowest BCUT2D eigenvalue weighted by Crippen LogP contribution is -2.46. The van der Waals surface area contributed by atoms with E-state index in [4.69, 9.17) is 4.74 Å². The summed E-state index contributed by atoms with van der Waals surface area (Å²) in [5.74, 6) is -0.937. The Hall–Kier alpha value is -3.35. The zero-order valence-corrected chi connectivity index (χ0v) is 19.7. The number of benzene rings is 2. The number of hydrogen-bond acceptors (Lipinski definition) is 4. The molecular weight excluding hydrogens is 444 g/mol. The SMILES string of the molecule is O=C(O)CC(NC(=O)C1CCC(NC(=O)OCC2c3ccccc3-c3ccccc32)C1)C1CCC1. The Balaban J connectivity index is 1.12. The lowest BCUT2D eigenvalue weighted by molar-refractivity contribution is -0.138. The summed E-state index contributed by atoms with van der Waals surface area (Å²) in [6.45, 7) is 0.259. The van der Waals surface area contributed by atoms with Gasteiger partial charge in [-0.05, 0) is 60.3 Å². The number of carboxylic acids is 1. The number of nitrogens with one attached hydrogen (secondary N) is 2. The van der Waals surface area contributed by atoms with Crippen LogP contribution in [0.15, 0.2) is 48.5 Å². The van der Waals surface area contributed by atoms with E-state index in [1.807, 2.05) is 24.3 Å². The van der Waals surface area contributed by atoms with Crippen LogP contribution >= 0.6 is 0 Å². The van der Waals surface area contributed by atoms with Crippen LogP contribution in [0.3, 0.4) is 0 Å². The summed E-state index contributed by atoms with van der Waals surface area (Å²) in [5.41, 5.74) is 4.71. The monoisotopic (exact) mass is 476 g/mol. The first-order valence-corrected chi connectivity index (χ1v) is 12.6. The van der Waals surface area contributed by atoms with Crippen LogP contribution in [0.2, 0.25) is 0 Å². The second-order valence-electron chi connectivity index (χ2n) is 10.1. The molecule has 7 nitrogen and oxygen atoms in total. The van der Waals surface area contributed by atoms with Gasteiger partial charge < -0.3 is 20.5 Å². The molecule has 3 aliphatic carbocycles. The van der Waals surface area contributed by atoms with Crippen molar-refractivity contribution in [2.45, 2.75) is 62.9 Å². The number of carbonyl (C=O) groups is 3. The minimum atomic E-state index is -0.886. The highest BCUT2D eigenvalue weighted by molar-refractivity contribution is 5.81. The summed E-state index contributed by atoms with van der Waals surface area (Å²) in [6.07, 6.45) is 4.44. The van der Waals surface area contributed by atoms with Crippen LogP contribution in [0.1, 0.15) is 62.0 Å². The average molecular weight is 477 g/mol. The summed E-state index contributed by atoms with van der Waals surface area (Å²) in [4.78, 5) is 36.6. The molecule has 2 aromatic rings. The van der Waals surface area contributed by atoms with E-state index >= 15 is 0 Å². The number of rotatable bonds is 8. The molecule has 7 heteroatoms. The highest BCUT2D eigenvalue weighted by atomic mass is 16.5. The van der Waals surface area contributed by atoms with Crippen LogP contribution in [0.4, 0.5) is 4.79 Å². The molecule has 2 amide bonds. The molecular formula is C28H32N2O5. The van der Waals surface area contributed by atoms with Gasteiger partial charge in [0.2, 0.25) is 5.91 Å². The fourth-order valence-electron chi connectivity index (χ4n) is 5.82. The third-order valence-corrected chi connectivity index (χ3v) is 7.91. The normalized spacial score (nSPS) is 21.9. The zero-order chi connectivity index (χ0) is 24.4. The topological polar surface area (TPSA) is 105 Å². The number of hydrogen-bond donors (Lipinski definition) is 3. The van der Waals surface area contributed by atoms with Gasteiger partial charge in [0.15, 0.2) is 0 Å². The summed E-state index contributed by atoms with van der Waals surface area (Å²) in [7, 11) is 0. The van der Waals surface area contributed by atoms with Gasteiger partial charge in [0.1, 0.15) is 6.61 Å². The third kappa shape index (κ3) is 5.04. The van der Waals surface area contributed by atoms with Gasteiger partial charge in [-0.15, -0.1) is 0 Å². The minimum Gasteiger partial charge on any atom is -0.481 e. The van der Waals surface area contributed by atoms with Crippen molar-refractivity contribution in [3.05, 3.63) is 59.7 Å². The Morgan fingerprint density at radius 3 is 2.20 bits per heavy atom. The van der Waals surface area contributed by atoms with Crippen molar-refractivity contribution in [2.75, 3.05) is 6.61 Å². The molecule has 3 atom stereocenters. The average Bonchev–Trinajstić information content (AvgIpc) is 3.39. The first-order chi connectivity index (χ1) is 17.0. The number of amides is 2. The van der Waals surface area contributed by atoms with Gasteiger partial charge in [-0.2, -0.15) is 0 Å². The summed E-state index contributed by atoms with van der Waals surface area (Å²) in [6, 6.07) is 16.0. The molecule has 3 aliphatic rings. The highest BCUT2D eigenvalue weighted by Gasteiger charge is 2.36. The van der Waals surface area contributed by atoms with Gasteiger partial charge in [0.25, 0.3) is 0 Å². The molecule has 0 spiro atoms. The van der Waals surface area contributed by atoms with Gasteiger partial charge >= 0.3 is 12.1 Å². The lowest BCUT2D eigenvalue weighted by atomic mass is 9.78. The van der Waals surface area contributed by atoms with E-state index < -0.39 is 12.1 Å². The predicted octanol–water partition coefficient (Wildman–Crippen LogP) is 4.45. The van der Waals surface area contributed by atoms with Crippen LogP contribution in [0.25, 0.3) is 11.1 Å². The maximum atomic E-state index is 12.8. The van der Waals surface area contributed by atoms with E-state index in [2.05, 4.69) is 34.9 Å². The van der Waals surface area contributed by atoms with Gasteiger partial charge in [-0.25, -0.2) is 4.79 Å². The second-order valence-corrected chi connectivity index (χ2v) is 10.1. The molecule has 0 bridgehead atoms. The molecule has 0 saturated heterocycles. The molecule has 2 saturated carbocycles. The molecule has 0 aromatic heterocycles. The van der Waals surface area contributed by atoms with Crippen LogP contribution in [0.5, 0.6) is 0 Å². The fraction of sp³-hybridized carbons (Fsp3) is 0.464. The quantitative estimate of drug-likeness (QED) is 0.522. The maximum absolute atomic E-state index is 12.8. The molecule has 184 valence electrons. The summed E-state index contributed by atoms with van der Waals surface area (Å²) < 4.78 is 5.64. The van der Waals surface area contributed by atoms with E-state index in [0.717, 1.165) is 19.3 Å². The van der Waals surface area contributed by atoms with Crippen molar-refractivity contribution in [3.8, 4) is 11.1 Å².